The van der Waals surface area contributed by atoms with Crippen LogP contribution in [0.2, 0.25) is 5.02 Å². The van der Waals surface area contributed by atoms with E-state index in [-0.39, 0.29) is 18.0 Å². The SMILES string of the molecule is O=C(Cn1nc2c(cc1=O)CCCCC2)N1CCN(c2cccc(Cl)c2)CC1. The molecule has 28 heavy (non-hydrogen) atoms. The van der Waals surface area contributed by atoms with Crippen molar-refractivity contribution in [1.82, 2.24) is 14.7 Å². The van der Waals surface area contributed by atoms with E-state index in [1.807, 2.05) is 29.2 Å². The highest BCUT2D eigenvalue weighted by Gasteiger charge is 2.22. The summed E-state index contributed by atoms with van der Waals surface area (Å²) in [6.45, 7) is 2.77. The monoisotopic (exact) mass is 400 g/mol. The van der Waals surface area contributed by atoms with E-state index >= 15 is 0 Å². The third kappa shape index (κ3) is 4.22. The molecule has 0 radical (unpaired) electrons. The third-order valence-electron chi connectivity index (χ3n) is 5.61. The molecule has 0 N–H and O–H groups in total. The molecule has 2 heterocycles. The number of carbonyl (C=O) groups is 1. The zero-order valence-corrected chi connectivity index (χ0v) is 16.7. The molecular formula is C21H25ClN4O2. The molecule has 4 rings (SSSR count). The lowest BCUT2D eigenvalue weighted by atomic mass is 10.1. The van der Waals surface area contributed by atoms with Crippen molar-refractivity contribution in [3.8, 4) is 0 Å². The van der Waals surface area contributed by atoms with Crippen molar-refractivity contribution in [2.24, 2.45) is 0 Å². The van der Waals surface area contributed by atoms with Crippen molar-refractivity contribution in [1.29, 1.82) is 0 Å². The molecule has 0 unspecified atom stereocenters. The van der Waals surface area contributed by atoms with Crippen LogP contribution in [0, 0.1) is 0 Å². The average Bonchev–Trinajstić information content (AvgIpc) is 2.93. The van der Waals surface area contributed by atoms with Gasteiger partial charge in [-0.25, -0.2) is 4.68 Å². The summed E-state index contributed by atoms with van der Waals surface area (Å²) in [5.41, 5.74) is 2.94. The standard InChI is InChI=1S/C21H25ClN4O2/c22-17-6-4-7-18(14-17)24-9-11-25(12-10-24)21(28)15-26-20(27)13-16-5-2-1-3-8-19(16)23-26/h4,6-7,13-14H,1-3,5,8-12,15H2. The third-order valence-corrected chi connectivity index (χ3v) is 5.85. The summed E-state index contributed by atoms with van der Waals surface area (Å²) in [7, 11) is 0. The average molecular weight is 401 g/mol. The number of amides is 1. The van der Waals surface area contributed by atoms with Crippen molar-refractivity contribution >= 4 is 23.2 Å². The maximum Gasteiger partial charge on any atom is 0.267 e. The second-order valence-electron chi connectivity index (χ2n) is 7.52. The molecule has 0 saturated carbocycles. The molecule has 2 aromatic rings. The predicted molar refractivity (Wildman–Crippen MR) is 110 cm³/mol. The summed E-state index contributed by atoms with van der Waals surface area (Å²) in [4.78, 5) is 29.2. The van der Waals surface area contributed by atoms with Crippen molar-refractivity contribution < 1.29 is 4.79 Å². The molecule has 1 aromatic heterocycles. The number of hydrogen-bond acceptors (Lipinski definition) is 4. The Labute approximate surface area is 169 Å². The minimum absolute atomic E-state index is 0.0171. The Balaban J connectivity index is 1.40. The molecule has 6 nitrogen and oxygen atoms in total. The van der Waals surface area contributed by atoms with Gasteiger partial charge in [0.25, 0.3) is 5.56 Å². The molecule has 1 aliphatic carbocycles. The highest BCUT2D eigenvalue weighted by atomic mass is 35.5. The normalized spacial score (nSPS) is 17.2. The second-order valence-corrected chi connectivity index (χ2v) is 7.96. The topological polar surface area (TPSA) is 58.4 Å². The summed E-state index contributed by atoms with van der Waals surface area (Å²) in [5.74, 6) is -0.0473. The first-order chi connectivity index (χ1) is 13.6. The van der Waals surface area contributed by atoms with Crippen LogP contribution in [0.3, 0.4) is 0 Å². The molecule has 2 aliphatic rings. The molecule has 148 valence electrons. The van der Waals surface area contributed by atoms with Gasteiger partial charge in [0.2, 0.25) is 5.91 Å². The van der Waals surface area contributed by atoms with Crippen LogP contribution >= 0.6 is 11.6 Å². The Hall–Kier alpha value is -2.34. The first-order valence-corrected chi connectivity index (χ1v) is 10.4. The highest BCUT2D eigenvalue weighted by Crippen LogP contribution is 2.21. The van der Waals surface area contributed by atoms with Crippen LogP contribution in [-0.2, 0) is 24.2 Å². The molecule has 0 atom stereocenters. The van der Waals surface area contributed by atoms with Crippen LogP contribution in [0.1, 0.15) is 30.5 Å². The van der Waals surface area contributed by atoms with E-state index in [0.717, 1.165) is 55.7 Å². The summed E-state index contributed by atoms with van der Waals surface area (Å²) in [6, 6.07) is 9.44. The van der Waals surface area contributed by atoms with Gasteiger partial charge in [-0.2, -0.15) is 5.10 Å². The largest absolute Gasteiger partial charge is 0.368 e. The molecule has 1 aromatic carbocycles. The van der Waals surface area contributed by atoms with Gasteiger partial charge < -0.3 is 9.80 Å². The molecular weight excluding hydrogens is 376 g/mol. The van der Waals surface area contributed by atoms with Gasteiger partial charge in [0.15, 0.2) is 0 Å². The van der Waals surface area contributed by atoms with Crippen LogP contribution < -0.4 is 10.5 Å². The molecule has 7 heteroatoms. The minimum atomic E-state index is -0.174. The van der Waals surface area contributed by atoms with Crippen LogP contribution in [0.15, 0.2) is 35.1 Å². The van der Waals surface area contributed by atoms with E-state index < -0.39 is 0 Å². The number of carbonyl (C=O) groups excluding carboxylic acids is 1. The molecule has 0 spiro atoms. The first-order valence-electron chi connectivity index (χ1n) is 9.98. The van der Waals surface area contributed by atoms with E-state index in [1.54, 1.807) is 6.07 Å². The van der Waals surface area contributed by atoms with Gasteiger partial charge in [-0.3, -0.25) is 9.59 Å². The number of piperazine rings is 1. The highest BCUT2D eigenvalue weighted by molar-refractivity contribution is 6.30. The number of fused-ring (bicyclic) bond motifs is 1. The Bertz CT molecular complexity index is 919. The lowest BCUT2D eigenvalue weighted by molar-refractivity contribution is -0.132. The van der Waals surface area contributed by atoms with Gasteiger partial charge in [0.05, 0.1) is 5.69 Å². The number of benzene rings is 1. The van der Waals surface area contributed by atoms with Gasteiger partial charge in [0.1, 0.15) is 6.54 Å². The summed E-state index contributed by atoms with van der Waals surface area (Å²) in [6.07, 6.45) is 5.17. The lowest BCUT2D eigenvalue weighted by Crippen LogP contribution is -2.50. The van der Waals surface area contributed by atoms with Crippen LogP contribution in [-0.4, -0.2) is 46.8 Å². The Kier molecular flexibility index (Phi) is 5.67. The Morgan fingerprint density at radius 1 is 1.04 bits per heavy atom. The number of nitrogens with zero attached hydrogens (tertiary/aromatic N) is 4. The molecule has 1 amide bonds. The predicted octanol–water partition coefficient (Wildman–Crippen LogP) is 2.51. The van der Waals surface area contributed by atoms with Crippen LogP contribution in [0.5, 0.6) is 0 Å². The van der Waals surface area contributed by atoms with Gasteiger partial charge in [-0.05, 0) is 49.4 Å². The van der Waals surface area contributed by atoms with E-state index in [0.29, 0.717) is 18.1 Å². The zero-order chi connectivity index (χ0) is 19.5. The fourth-order valence-electron chi connectivity index (χ4n) is 4.01. The molecule has 1 saturated heterocycles. The number of rotatable bonds is 3. The molecule has 0 bridgehead atoms. The minimum Gasteiger partial charge on any atom is -0.368 e. The zero-order valence-electron chi connectivity index (χ0n) is 15.9. The first kappa shape index (κ1) is 19.0. The fraction of sp³-hybridized carbons (Fsp3) is 0.476. The van der Waals surface area contributed by atoms with E-state index in [1.165, 1.54) is 11.1 Å². The van der Waals surface area contributed by atoms with Crippen molar-refractivity contribution in [2.45, 2.75) is 38.6 Å². The van der Waals surface area contributed by atoms with Crippen molar-refractivity contribution in [2.75, 3.05) is 31.1 Å². The maximum atomic E-state index is 12.7. The number of aryl methyl sites for hydroxylation is 2. The van der Waals surface area contributed by atoms with E-state index in [2.05, 4.69) is 10.00 Å². The Morgan fingerprint density at radius 2 is 1.82 bits per heavy atom. The maximum absolute atomic E-state index is 12.7. The smallest absolute Gasteiger partial charge is 0.267 e. The fourth-order valence-corrected chi connectivity index (χ4v) is 4.19. The van der Waals surface area contributed by atoms with Gasteiger partial charge in [-0.1, -0.05) is 24.1 Å². The lowest BCUT2D eigenvalue weighted by Gasteiger charge is -2.36. The molecule has 1 aliphatic heterocycles. The van der Waals surface area contributed by atoms with Crippen LogP contribution in [0.25, 0.3) is 0 Å². The van der Waals surface area contributed by atoms with Gasteiger partial charge in [-0.15, -0.1) is 0 Å². The second kappa shape index (κ2) is 8.35. The van der Waals surface area contributed by atoms with Crippen molar-refractivity contribution in [3.63, 3.8) is 0 Å². The quantitative estimate of drug-likeness (QED) is 0.743. The number of hydrogen-bond donors (Lipinski definition) is 0. The number of anilines is 1. The van der Waals surface area contributed by atoms with E-state index in [4.69, 9.17) is 11.6 Å². The molecule has 1 fully saturated rings. The number of halogens is 1. The Morgan fingerprint density at radius 3 is 2.61 bits per heavy atom. The van der Waals surface area contributed by atoms with E-state index in [9.17, 15) is 9.59 Å². The number of aromatic nitrogens is 2. The summed E-state index contributed by atoms with van der Waals surface area (Å²) in [5, 5.41) is 5.22. The summed E-state index contributed by atoms with van der Waals surface area (Å²) < 4.78 is 1.34. The summed E-state index contributed by atoms with van der Waals surface area (Å²) >= 11 is 6.08. The van der Waals surface area contributed by atoms with Gasteiger partial charge in [0, 0.05) is 43.0 Å². The van der Waals surface area contributed by atoms with Crippen molar-refractivity contribution in [3.05, 3.63) is 57.0 Å². The van der Waals surface area contributed by atoms with Crippen LogP contribution in [0.4, 0.5) is 5.69 Å². The van der Waals surface area contributed by atoms with Gasteiger partial charge >= 0.3 is 0 Å².